The fourth-order valence-electron chi connectivity index (χ4n) is 2.88. The number of carbonyl (C=O) groups excluding carboxylic acids is 2. The lowest BCUT2D eigenvalue weighted by atomic mass is 10.2. The number of likely N-dealkylation sites (N-methyl/N-ethyl adjacent to an activating group) is 1. The first-order valence-electron chi connectivity index (χ1n) is 9.35. The predicted octanol–water partition coefficient (Wildman–Crippen LogP) is 3.06. The summed E-state index contributed by atoms with van der Waals surface area (Å²) in [5, 5.41) is 2.87. The molecule has 0 saturated carbocycles. The Bertz CT molecular complexity index is 893. The van der Waals surface area contributed by atoms with Gasteiger partial charge in [0.05, 0.1) is 13.2 Å². The van der Waals surface area contributed by atoms with E-state index < -0.39 is 0 Å². The zero-order valence-electron chi connectivity index (χ0n) is 16.5. The van der Waals surface area contributed by atoms with E-state index in [0.29, 0.717) is 18.8 Å². The van der Waals surface area contributed by atoms with Gasteiger partial charge in [0.15, 0.2) is 11.5 Å². The second-order valence-corrected chi connectivity index (χ2v) is 6.62. The van der Waals surface area contributed by atoms with Crippen molar-refractivity contribution in [3.63, 3.8) is 0 Å². The highest BCUT2D eigenvalue weighted by Crippen LogP contribution is 2.32. The molecule has 2 aromatic rings. The molecule has 0 fully saturated rings. The summed E-state index contributed by atoms with van der Waals surface area (Å²) in [6.07, 6.45) is 3.05. The van der Waals surface area contributed by atoms with Crippen molar-refractivity contribution in [3.8, 4) is 11.5 Å². The molecular weight excluding hydrogens is 372 g/mol. The molecular formula is C22H24N2O5. The second-order valence-electron chi connectivity index (χ2n) is 6.62. The lowest BCUT2D eigenvalue weighted by Crippen LogP contribution is -2.29. The number of esters is 1. The molecule has 0 aromatic heterocycles. The highest BCUT2D eigenvalue weighted by molar-refractivity contribution is 5.92. The third kappa shape index (κ3) is 6.08. The van der Waals surface area contributed by atoms with Crippen LogP contribution >= 0.6 is 0 Å². The van der Waals surface area contributed by atoms with Gasteiger partial charge in [0.25, 0.3) is 0 Å². The summed E-state index contributed by atoms with van der Waals surface area (Å²) in [7, 11) is 1.88. The Balaban J connectivity index is 1.48. The van der Waals surface area contributed by atoms with Gasteiger partial charge in [0, 0.05) is 18.3 Å². The van der Waals surface area contributed by atoms with Crippen LogP contribution in [0.15, 0.2) is 48.5 Å². The van der Waals surface area contributed by atoms with Crippen molar-refractivity contribution in [3.05, 3.63) is 59.7 Å². The predicted molar refractivity (Wildman–Crippen MR) is 110 cm³/mol. The minimum atomic E-state index is -0.379. The van der Waals surface area contributed by atoms with E-state index in [0.717, 1.165) is 22.6 Å². The summed E-state index contributed by atoms with van der Waals surface area (Å²) in [4.78, 5) is 25.6. The van der Waals surface area contributed by atoms with Crippen molar-refractivity contribution < 1.29 is 23.8 Å². The van der Waals surface area contributed by atoms with Gasteiger partial charge in [-0.15, -0.1) is 0 Å². The van der Waals surface area contributed by atoms with Gasteiger partial charge < -0.3 is 19.5 Å². The normalized spacial score (nSPS) is 12.4. The van der Waals surface area contributed by atoms with Crippen molar-refractivity contribution >= 4 is 23.6 Å². The molecule has 2 aromatic carbocycles. The summed E-state index contributed by atoms with van der Waals surface area (Å²) in [6.45, 7) is 3.21. The van der Waals surface area contributed by atoms with Crippen LogP contribution in [-0.4, -0.2) is 43.8 Å². The van der Waals surface area contributed by atoms with Crippen LogP contribution in [0.2, 0.25) is 0 Å². The van der Waals surface area contributed by atoms with Crippen molar-refractivity contribution in [2.75, 3.05) is 32.3 Å². The first-order valence-corrected chi connectivity index (χ1v) is 9.35. The zero-order valence-corrected chi connectivity index (χ0v) is 16.5. The van der Waals surface area contributed by atoms with Crippen LogP contribution in [-0.2, 0) is 20.9 Å². The van der Waals surface area contributed by atoms with Crippen LogP contribution < -0.4 is 14.8 Å². The number of hydrogen-bond donors (Lipinski definition) is 1. The fourth-order valence-corrected chi connectivity index (χ4v) is 2.88. The highest BCUT2D eigenvalue weighted by atomic mass is 16.7. The fraction of sp³-hybridized carbons (Fsp3) is 0.273. The lowest BCUT2D eigenvalue weighted by Gasteiger charge is -2.16. The third-order valence-corrected chi connectivity index (χ3v) is 4.20. The van der Waals surface area contributed by atoms with E-state index in [1.54, 1.807) is 25.1 Å². The summed E-state index contributed by atoms with van der Waals surface area (Å²) >= 11 is 0. The quantitative estimate of drug-likeness (QED) is 0.546. The molecule has 0 saturated heterocycles. The summed E-state index contributed by atoms with van der Waals surface area (Å²) < 4.78 is 15.5. The first-order chi connectivity index (χ1) is 14.0. The molecule has 1 aliphatic heterocycles. The Hall–Kier alpha value is -3.32. The van der Waals surface area contributed by atoms with Gasteiger partial charge in [-0.25, -0.2) is 4.79 Å². The molecule has 1 amide bonds. The van der Waals surface area contributed by atoms with Crippen LogP contribution in [0.4, 0.5) is 5.69 Å². The van der Waals surface area contributed by atoms with E-state index in [2.05, 4.69) is 5.32 Å². The van der Waals surface area contributed by atoms with Crippen molar-refractivity contribution in [1.82, 2.24) is 4.90 Å². The average Bonchev–Trinajstić information content (AvgIpc) is 3.15. The molecule has 0 spiro atoms. The van der Waals surface area contributed by atoms with Gasteiger partial charge in [-0.05, 0) is 55.4 Å². The Morgan fingerprint density at radius 2 is 1.90 bits per heavy atom. The van der Waals surface area contributed by atoms with Crippen LogP contribution in [0, 0.1) is 0 Å². The van der Waals surface area contributed by atoms with E-state index in [1.165, 1.54) is 6.08 Å². The largest absolute Gasteiger partial charge is 0.463 e. The van der Waals surface area contributed by atoms with E-state index in [4.69, 9.17) is 14.2 Å². The van der Waals surface area contributed by atoms with Crippen molar-refractivity contribution in [2.24, 2.45) is 0 Å². The Morgan fingerprint density at radius 1 is 1.14 bits per heavy atom. The molecule has 1 heterocycles. The number of anilines is 1. The van der Waals surface area contributed by atoms with Crippen molar-refractivity contribution in [2.45, 2.75) is 13.5 Å². The number of benzene rings is 2. The molecule has 7 heteroatoms. The van der Waals surface area contributed by atoms with E-state index in [-0.39, 0.29) is 25.2 Å². The minimum Gasteiger partial charge on any atom is -0.463 e. The Kier molecular flexibility index (Phi) is 6.86. The third-order valence-electron chi connectivity index (χ3n) is 4.20. The first kappa shape index (κ1) is 20.4. The topological polar surface area (TPSA) is 77.1 Å². The van der Waals surface area contributed by atoms with Gasteiger partial charge in [-0.2, -0.15) is 0 Å². The van der Waals surface area contributed by atoms with Gasteiger partial charge in [0.1, 0.15) is 0 Å². The standard InChI is InChI=1S/C22H24N2O5/c1-3-27-22(26)11-7-16-4-8-18(9-5-16)23-21(25)14-24(2)13-17-6-10-19-20(12-17)29-15-28-19/h4-12H,3,13-15H2,1-2H3,(H,23,25)/b11-7+. The molecule has 152 valence electrons. The van der Waals surface area contributed by atoms with Crippen LogP contribution in [0.5, 0.6) is 11.5 Å². The van der Waals surface area contributed by atoms with Gasteiger partial charge in [0.2, 0.25) is 12.7 Å². The second kappa shape index (κ2) is 9.75. The van der Waals surface area contributed by atoms with Gasteiger partial charge in [-0.1, -0.05) is 18.2 Å². The van der Waals surface area contributed by atoms with E-state index in [1.807, 2.05) is 42.3 Å². The molecule has 0 aliphatic carbocycles. The van der Waals surface area contributed by atoms with E-state index >= 15 is 0 Å². The summed E-state index contributed by atoms with van der Waals surface area (Å²) in [5.41, 5.74) is 2.58. The number of amides is 1. The molecule has 1 N–H and O–H groups in total. The van der Waals surface area contributed by atoms with Crippen LogP contribution in [0.25, 0.3) is 6.08 Å². The van der Waals surface area contributed by atoms with Crippen LogP contribution in [0.3, 0.4) is 0 Å². The summed E-state index contributed by atoms with van der Waals surface area (Å²) in [6, 6.07) is 13.0. The molecule has 3 rings (SSSR count). The molecule has 7 nitrogen and oxygen atoms in total. The molecule has 1 aliphatic rings. The number of ether oxygens (including phenoxy) is 3. The number of fused-ring (bicyclic) bond motifs is 1. The molecule has 29 heavy (non-hydrogen) atoms. The number of nitrogens with one attached hydrogen (secondary N) is 1. The van der Waals surface area contributed by atoms with Crippen molar-refractivity contribution in [1.29, 1.82) is 0 Å². The lowest BCUT2D eigenvalue weighted by molar-refractivity contribution is -0.137. The highest BCUT2D eigenvalue weighted by Gasteiger charge is 2.14. The summed E-state index contributed by atoms with van der Waals surface area (Å²) in [5.74, 6) is 0.991. The maximum atomic E-state index is 12.3. The molecule has 0 unspecified atom stereocenters. The monoisotopic (exact) mass is 396 g/mol. The number of hydrogen-bond acceptors (Lipinski definition) is 6. The average molecular weight is 396 g/mol. The maximum absolute atomic E-state index is 12.3. The van der Waals surface area contributed by atoms with Gasteiger partial charge in [-0.3, -0.25) is 9.69 Å². The Morgan fingerprint density at radius 3 is 2.66 bits per heavy atom. The molecule has 0 radical (unpaired) electrons. The smallest absolute Gasteiger partial charge is 0.330 e. The zero-order chi connectivity index (χ0) is 20.6. The number of nitrogens with zero attached hydrogens (tertiary/aromatic N) is 1. The minimum absolute atomic E-state index is 0.108. The number of rotatable bonds is 8. The molecule has 0 atom stereocenters. The van der Waals surface area contributed by atoms with Crippen LogP contribution in [0.1, 0.15) is 18.1 Å². The number of carbonyl (C=O) groups is 2. The SMILES string of the molecule is CCOC(=O)/C=C/c1ccc(NC(=O)CN(C)Cc2ccc3c(c2)OCO3)cc1. The molecule has 0 bridgehead atoms. The maximum Gasteiger partial charge on any atom is 0.330 e. The van der Waals surface area contributed by atoms with E-state index in [9.17, 15) is 9.59 Å². The van der Waals surface area contributed by atoms with Gasteiger partial charge >= 0.3 is 5.97 Å². The Labute approximate surface area is 169 Å².